The van der Waals surface area contributed by atoms with E-state index in [-0.39, 0.29) is 5.54 Å². The topological polar surface area (TPSA) is 20.3 Å². The van der Waals surface area contributed by atoms with E-state index < -0.39 is 0 Å². The highest BCUT2D eigenvalue weighted by molar-refractivity contribution is 5.88. The molecule has 0 amide bonds. The fraction of sp³-hybridized carbons (Fsp3) is 0.929. The van der Waals surface area contributed by atoms with Crippen LogP contribution in [0.15, 0.2) is 0 Å². The van der Waals surface area contributed by atoms with Crippen LogP contribution < -0.4 is 0 Å². The number of Topliss-reactive ketones (excluding diaryl/α,β-unsaturated/α-hetero) is 1. The lowest BCUT2D eigenvalue weighted by molar-refractivity contribution is -0.130. The van der Waals surface area contributed by atoms with Crippen molar-refractivity contribution in [1.82, 2.24) is 4.90 Å². The van der Waals surface area contributed by atoms with E-state index in [4.69, 9.17) is 0 Å². The highest BCUT2D eigenvalue weighted by atomic mass is 16.1. The van der Waals surface area contributed by atoms with Crippen molar-refractivity contribution in [2.45, 2.75) is 65.3 Å². The third kappa shape index (κ3) is 3.07. The normalized spacial score (nSPS) is 21.3. The van der Waals surface area contributed by atoms with Gasteiger partial charge in [-0.1, -0.05) is 20.8 Å². The van der Waals surface area contributed by atoms with Gasteiger partial charge in [-0.25, -0.2) is 0 Å². The van der Waals surface area contributed by atoms with Crippen molar-refractivity contribution in [3.8, 4) is 0 Å². The van der Waals surface area contributed by atoms with Gasteiger partial charge in [0.2, 0.25) is 0 Å². The largest absolute Gasteiger partial charge is 0.298 e. The molecule has 2 nitrogen and oxygen atoms in total. The summed E-state index contributed by atoms with van der Waals surface area (Å²) in [4.78, 5) is 14.7. The molecule has 1 saturated heterocycles. The quantitative estimate of drug-likeness (QED) is 0.691. The fourth-order valence-corrected chi connectivity index (χ4v) is 2.50. The van der Waals surface area contributed by atoms with E-state index in [1.54, 1.807) is 0 Å². The van der Waals surface area contributed by atoms with Crippen molar-refractivity contribution >= 4 is 5.78 Å². The van der Waals surface area contributed by atoms with Gasteiger partial charge in [-0.3, -0.25) is 9.69 Å². The van der Waals surface area contributed by atoms with Gasteiger partial charge >= 0.3 is 0 Å². The minimum absolute atomic E-state index is 0.189. The van der Waals surface area contributed by atoms with Gasteiger partial charge in [0.15, 0.2) is 5.78 Å². The molecule has 0 aromatic carbocycles. The third-order valence-corrected chi connectivity index (χ3v) is 4.04. The summed E-state index contributed by atoms with van der Waals surface area (Å²) in [5.74, 6) is 1.08. The average molecular weight is 225 g/mol. The smallest absolute Gasteiger partial charge is 0.152 e. The lowest BCUT2D eigenvalue weighted by atomic mass is 9.87. The van der Waals surface area contributed by atoms with Crippen LogP contribution in [0.2, 0.25) is 0 Å². The molecular weight excluding hydrogens is 198 g/mol. The van der Waals surface area contributed by atoms with Crippen LogP contribution in [0.25, 0.3) is 0 Å². The molecule has 1 aliphatic rings. The fourth-order valence-electron chi connectivity index (χ4n) is 2.50. The number of likely N-dealkylation sites (tertiary alicyclic amines) is 1. The Bertz CT molecular complexity index is 231. The monoisotopic (exact) mass is 225 g/mol. The Morgan fingerprint density at radius 3 is 2.31 bits per heavy atom. The van der Waals surface area contributed by atoms with Crippen LogP contribution in [0.3, 0.4) is 0 Å². The van der Waals surface area contributed by atoms with Gasteiger partial charge in [0.05, 0.1) is 5.54 Å². The number of hydrogen-bond acceptors (Lipinski definition) is 2. The van der Waals surface area contributed by atoms with Crippen molar-refractivity contribution < 1.29 is 4.79 Å². The van der Waals surface area contributed by atoms with Crippen LogP contribution in [0, 0.1) is 5.92 Å². The molecule has 2 heteroatoms. The molecule has 94 valence electrons. The molecule has 0 bridgehead atoms. The van der Waals surface area contributed by atoms with Crippen molar-refractivity contribution in [2.24, 2.45) is 5.92 Å². The van der Waals surface area contributed by atoms with Crippen molar-refractivity contribution in [2.75, 3.05) is 13.1 Å². The predicted molar refractivity (Wildman–Crippen MR) is 68.6 cm³/mol. The lowest BCUT2D eigenvalue weighted by Gasteiger charge is -2.37. The van der Waals surface area contributed by atoms with Crippen LogP contribution in [0.5, 0.6) is 0 Å². The second-order valence-corrected chi connectivity index (χ2v) is 5.68. The Balaban J connectivity index is 2.59. The van der Waals surface area contributed by atoms with Gasteiger partial charge in [-0.2, -0.15) is 0 Å². The number of rotatable bonds is 6. The van der Waals surface area contributed by atoms with E-state index in [0.717, 1.165) is 32.4 Å². The van der Waals surface area contributed by atoms with Gasteiger partial charge in [-0.05, 0) is 51.6 Å². The minimum Gasteiger partial charge on any atom is -0.298 e. The molecule has 16 heavy (non-hydrogen) atoms. The highest BCUT2D eigenvalue weighted by Gasteiger charge is 2.37. The molecule has 0 aliphatic carbocycles. The molecule has 1 unspecified atom stereocenters. The van der Waals surface area contributed by atoms with Gasteiger partial charge in [0, 0.05) is 6.42 Å². The molecule has 1 rings (SSSR count). The van der Waals surface area contributed by atoms with E-state index in [1.165, 1.54) is 12.8 Å². The molecule has 0 spiro atoms. The molecule has 0 radical (unpaired) electrons. The van der Waals surface area contributed by atoms with Gasteiger partial charge < -0.3 is 0 Å². The van der Waals surface area contributed by atoms with E-state index >= 15 is 0 Å². The molecule has 1 atom stereocenters. The summed E-state index contributed by atoms with van der Waals surface area (Å²) in [6, 6.07) is 0. The van der Waals surface area contributed by atoms with Crippen molar-refractivity contribution in [3.63, 3.8) is 0 Å². The maximum absolute atomic E-state index is 12.3. The molecule has 1 aliphatic heterocycles. The van der Waals surface area contributed by atoms with Crippen molar-refractivity contribution in [1.29, 1.82) is 0 Å². The molecule has 0 saturated carbocycles. The maximum atomic E-state index is 12.3. The first-order valence-electron chi connectivity index (χ1n) is 6.79. The number of ketones is 1. The molecule has 1 heterocycles. The minimum atomic E-state index is -0.189. The van der Waals surface area contributed by atoms with Crippen LogP contribution in [0.1, 0.15) is 59.8 Å². The zero-order valence-corrected chi connectivity index (χ0v) is 11.4. The predicted octanol–water partition coefficient (Wildman–Crippen LogP) is 3.26. The molecular formula is C14H27NO. The van der Waals surface area contributed by atoms with Crippen molar-refractivity contribution in [3.05, 3.63) is 0 Å². The van der Waals surface area contributed by atoms with E-state index in [0.29, 0.717) is 11.7 Å². The van der Waals surface area contributed by atoms with E-state index in [9.17, 15) is 4.79 Å². The Morgan fingerprint density at radius 2 is 1.88 bits per heavy atom. The lowest BCUT2D eigenvalue weighted by Crippen LogP contribution is -2.50. The molecule has 0 aromatic rings. The zero-order valence-electron chi connectivity index (χ0n) is 11.4. The molecule has 1 fully saturated rings. The summed E-state index contributed by atoms with van der Waals surface area (Å²) in [6.07, 6.45) is 5.24. The van der Waals surface area contributed by atoms with E-state index in [2.05, 4.69) is 32.6 Å². The average Bonchev–Trinajstić information content (AvgIpc) is 2.78. The van der Waals surface area contributed by atoms with Crippen LogP contribution in [-0.4, -0.2) is 29.3 Å². The van der Waals surface area contributed by atoms with Gasteiger partial charge in [-0.15, -0.1) is 0 Å². The molecule has 0 N–H and O–H groups in total. The summed E-state index contributed by atoms with van der Waals surface area (Å²) < 4.78 is 0. The molecule has 0 aromatic heterocycles. The SMILES string of the molecule is CCC(C)(C(=O)CCC(C)C)N1CCCC1. The summed E-state index contributed by atoms with van der Waals surface area (Å²) in [7, 11) is 0. The number of nitrogens with zero attached hydrogens (tertiary/aromatic N) is 1. The Hall–Kier alpha value is -0.370. The second-order valence-electron chi connectivity index (χ2n) is 5.68. The van der Waals surface area contributed by atoms with Crippen LogP contribution in [0.4, 0.5) is 0 Å². The maximum Gasteiger partial charge on any atom is 0.152 e. The number of hydrogen-bond donors (Lipinski definition) is 0. The second kappa shape index (κ2) is 5.81. The third-order valence-electron chi connectivity index (χ3n) is 4.04. The first-order chi connectivity index (χ1) is 7.50. The Kier molecular flexibility index (Phi) is 4.97. The van der Waals surface area contributed by atoms with Gasteiger partial charge in [0.25, 0.3) is 0 Å². The summed E-state index contributed by atoms with van der Waals surface area (Å²) >= 11 is 0. The number of carbonyl (C=O) groups excluding carboxylic acids is 1. The van der Waals surface area contributed by atoms with Gasteiger partial charge in [0.1, 0.15) is 0 Å². The van der Waals surface area contributed by atoms with E-state index in [1.807, 2.05) is 0 Å². The standard InChI is InChI=1S/C14H27NO/c1-5-14(4,15-10-6-7-11-15)13(16)9-8-12(2)3/h12H,5-11H2,1-4H3. The summed E-state index contributed by atoms with van der Waals surface area (Å²) in [5, 5.41) is 0. The highest BCUT2D eigenvalue weighted by Crippen LogP contribution is 2.27. The zero-order chi connectivity index (χ0) is 12.2. The summed E-state index contributed by atoms with van der Waals surface area (Å²) in [6.45, 7) is 10.9. The number of carbonyl (C=O) groups is 1. The van der Waals surface area contributed by atoms with Crippen LogP contribution >= 0.6 is 0 Å². The first kappa shape index (κ1) is 13.7. The first-order valence-corrected chi connectivity index (χ1v) is 6.79. The Labute approximate surface area is 100 Å². The Morgan fingerprint density at radius 1 is 1.31 bits per heavy atom. The van der Waals surface area contributed by atoms with Crippen LogP contribution in [-0.2, 0) is 4.79 Å². The summed E-state index contributed by atoms with van der Waals surface area (Å²) in [5.41, 5.74) is -0.189.